The number of para-hydroxylation sites is 2. The summed E-state index contributed by atoms with van der Waals surface area (Å²) in [6.07, 6.45) is 4.90. The van der Waals surface area contributed by atoms with Crippen LogP contribution >= 0.6 is 0 Å². The van der Waals surface area contributed by atoms with Crippen molar-refractivity contribution < 1.29 is 9.21 Å². The van der Waals surface area contributed by atoms with Gasteiger partial charge in [0.25, 0.3) is 0 Å². The third-order valence-electron chi connectivity index (χ3n) is 3.47. The number of aromatic nitrogens is 1. The van der Waals surface area contributed by atoms with Crippen molar-refractivity contribution in [2.24, 2.45) is 0 Å². The average Bonchev–Trinajstić information content (AvgIpc) is 3.01. The predicted octanol–water partition coefficient (Wildman–Crippen LogP) is 3.59. The number of carbonyl (C=O) groups excluding carboxylic acids is 1. The van der Waals surface area contributed by atoms with E-state index >= 15 is 0 Å². The van der Waals surface area contributed by atoms with Crippen LogP contribution in [0.25, 0.3) is 17.2 Å². The van der Waals surface area contributed by atoms with E-state index in [2.05, 4.69) is 22.4 Å². The van der Waals surface area contributed by atoms with E-state index in [4.69, 9.17) is 4.42 Å². The molecule has 1 heterocycles. The molecule has 4 heteroatoms. The second kappa shape index (κ2) is 7.40. The van der Waals surface area contributed by atoms with Crippen molar-refractivity contribution in [1.82, 2.24) is 10.3 Å². The van der Waals surface area contributed by atoms with E-state index in [0.29, 0.717) is 12.4 Å². The summed E-state index contributed by atoms with van der Waals surface area (Å²) in [6.45, 7) is 0.644. The van der Waals surface area contributed by atoms with Gasteiger partial charge in [0.05, 0.1) is 0 Å². The smallest absolute Gasteiger partial charge is 0.244 e. The maximum absolute atomic E-state index is 11.8. The Labute approximate surface area is 134 Å². The summed E-state index contributed by atoms with van der Waals surface area (Å²) in [6, 6.07) is 17.8. The molecular weight excluding hydrogens is 288 g/mol. The summed E-state index contributed by atoms with van der Waals surface area (Å²) in [7, 11) is 0. The second-order valence-corrected chi connectivity index (χ2v) is 5.23. The molecule has 1 amide bonds. The van der Waals surface area contributed by atoms with Crippen LogP contribution in [0, 0.1) is 0 Å². The van der Waals surface area contributed by atoms with E-state index < -0.39 is 0 Å². The van der Waals surface area contributed by atoms with Gasteiger partial charge in [0.15, 0.2) is 5.58 Å². The molecule has 3 aromatic rings. The van der Waals surface area contributed by atoms with Gasteiger partial charge in [0, 0.05) is 18.7 Å². The van der Waals surface area contributed by atoms with Gasteiger partial charge in [0.2, 0.25) is 11.8 Å². The Bertz CT molecular complexity index is 773. The van der Waals surface area contributed by atoms with Crippen LogP contribution in [0.3, 0.4) is 0 Å². The topological polar surface area (TPSA) is 55.1 Å². The molecule has 0 aliphatic heterocycles. The van der Waals surface area contributed by atoms with Crippen LogP contribution in [0.1, 0.15) is 17.9 Å². The number of hydrogen-bond donors (Lipinski definition) is 1. The minimum atomic E-state index is -0.139. The quantitative estimate of drug-likeness (QED) is 0.559. The molecule has 3 rings (SSSR count). The third-order valence-corrected chi connectivity index (χ3v) is 3.47. The van der Waals surface area contributed by atoms with Crippen molar-refractivity contribution in [2.75, 3.05) is 6.54 Å². The van der Waals surface area contributed by atoms with Crippen molar-refractivity contribution >= 4 is 23.1 Å². The first-order valence-corrected chi connectivity index (χ1v) is 7.67. The fourth-order valence-electron chi connectivity index (χ4n) is 2.32. The normalized spacial score (nSPS) is 11.1. The summed E-state index contributed by atoms with van der Waals surface area (Å²) >= 11 is 0. The van der Waals surface area contributed by atoms with Gasteiger partial charge in [-0.25, -0.2) is 4.98 Å². The number of hydrogen-bond acceptors (Lipinski definition) is 3. The second-order valence-electron chi connectivity index (χ2n) is 5.23. The molecule has 0 aliphatic rings. The highest BCUT2D eigenvalue weighted by Gasteiger charge is 2.02. The zero-order valence-corrected chi connectivity index (χ0v) is 12.7. The van der Waals surface area contributed by atoms with Crippen LogP contribution < -0.4 is 5.32 Å². The van der Waals surface area contributed by atoms with Gasteiger partial charge in [0.1, 0.15) is 5.52 Å². The molecule has 0 bridgehead atoms. The Morgan fingerprint density at radius 2 is 1.87 bits per heavy atom. The lowest BCUT2D eigenvalue weighted by Crippen LogP contribution is -2.22. The minimum Gasteiger partial charge on any atom is -0.437 e. The lowest BCUT2D eigenvalue weighted by Gasteiger charge is -2.02. The predicted molar refractivity (Wildman–Crippen MR) is 90.8 cm³/mol. The molecule has 2 aromatic carbocycles. The molecule has 1 N–H and O–H groups in total. The molecule has 0 radical (unpaired) electrons. The average molecular weight is 306 g/mol. The number of nitrogens with one attached hydrogen (secondary N) is 1. The molecule has 0 atom stereocenters. The fourth-order valence-corrected chi connectivity index (χ4v) is 2.32. The molecule has 23 heavy (non-hydrogen) atoms. The maximum Gasteiger partial charge on any atom is 0.244 e. The number of carbonyl (C=O) groups is 1. The molecule has 4 nitrogen and oxygen atoms in total. The first-order valence-electron chi connectivity index (χ1n) is 7.67. The standard InChI is InChI=1S/C19H18N2O2/c22-18(20-14-6-9-15-7-2-1-3-8-15)12-13-19-21-16-10-4-5-11-17(16)23-19/h1-5,7-8,10-13H,6,9,14H2,(H,20,22)/b13-12+. The van der Waals surface area contributed by atoms with Gasteiger partial charge in [-0.3, -0.25) is 4.79 Å². The number of rotatable bonds is 6. The highest BCUT2D eigenvalue weighted by atomic mass is 16.3. The van der Waals surface area contributed by atoms with Crippen LogP contribution in [0.2, 0.25) is 0 Å². The summed E-state index contributed by atoms with van der Waals surface area (Å²) in [5.74, 6) is 0.297. The van der Waals surface area contributed by atoms with Crippen molar-refractivity contribution in [3.05, 3.63) is 72.1 Å². The van der Waals surface area contributed by atoms with Gasteiger partial charge in [-0.05, 0) is 30.5 Å². The number of fused-ring (bicyclic) bond motifs is 1. The lowest BCUT2D eigenvalue weighted by molar-refractivity contribution is -0.116. The van der Waals surface area contributed by atoms with Crippen LogP contribution in [0.15, 0.2) is 65.1 Å². The fraction of sp³-hybridized carbons (Fsp3) is 0.158. The van der Waals surface area contributed by atoms with Gasteiger partial charge < -0.3 is 9.73 Å². The van der Waals surface area contributed by atoms with E-state index in [0.717, 1.165) is 23.9 Å². The van der Waals surface area contributed by atoms with Gasteiger partial charge in [-0.1, -0.05) is 42.5 Å². The molecule has 0 aliphatic carbocycles. The largest absolute Gasteiger partial charge is 0.437 e. The van der Waals surface area contributed by atoms with Crippen LogP contribution in [0.5, 0.6) is 0 Å². The summed E-state index contributed by atoms with van der Waals surface area (Å²) in [5, 5.41) is 2.86. The Kier molecular flexibility index (Phi) is 4.84. The lowest BCUT2D eigenvalue weighted by atomic mass is 10.1. The molecule has 1 aromatic heterocycles. The molecule has 0 saturated heterocycles. The Hall–Kier alpha value is -2.88. The molecule has 0 saturated carbocycles. The number of aryl methyl sites for hydroxylation is 1. The highest BCUT2D eigenvalue weighted by Crippen LogP contribution is 2.15. The Morgan fingerprint density at radius 1 is 1.09 bits per heavy atom. The first-order chi connectivity index (χ1) is 11.3. The van der Waals surface area contributed by atoms with Crippen LogP contribution in [-0.2, 0) is 11.2 Å². The van der Waals surface area contributed by atoms with E-state index in [9.17, 15) is 4.79 Å². The van der Waals surface area contributed by atoms with Crippen molar-refractivity contribution in [2.45, 2.75) is 12.8 Å². The SMILES string of the molecule is O=C(/C=C/c1nc2ccccc2o1)NCCCc1ccccc1. The Balaban J connectivity index is 1.45. The number of nitrogens with zero attached hydrogens (tertiary/aromatic N) is 1. The van der Waals surface area contributed by atoms with Crippen molar-refractivity contribution in [3.8, 4) is 0 Å². The van der Waals surface area contributed by atoms with Crippen LogP contribution in [-0.4, -0.2) is 17.4 Å². The molecule has 116 valence electrons. The molecule has 0 fully saturated rings. The third kappa shape index (κ3) is 4.30. The van der Waals surface area contributed by atoms with Gasteiger partial charge >= 0.3 is 0 Å². The first kappa shape index (κ1) is 15.0. The monoisotopic (exact) mass is 306 g/mol. The molecular formula is C19H18N2O2. The summed E-state index contributed by atoms with van der Waals surface area (Å²) < 4.78 is 5.52. The summed E-state index contributed by atoms with van der Waals surface area (Å²) in [4.78, 5) is 16.1. The number of benzene rings is 2. The van der Waals surface area contributed by atoms with E-state index in [1.165, 1.54) is 11.6 Å². The minimum absolute atomic E-state index is 0.139. The van der Waals surface area contributed by atoms with Gasteiger partial charge in [-0.15, -0.1) is 0 Å². The van der Waals surface area contributed by atoms with E-state index in [-0.39, 0.29) is 5.91 Å². The zero-order valence-electron chi connectivity index (χ0n) is 12.7. The number of oxazole rings is 1. The van der Waals surface area contributed by atoms with E-state index in [1.807, 2.05) is 42.5 Å². The Morgan fingerprint density at radius 3 is 2.70 bits per heavy atom. The van der Waals surface area contributed by atoms with Crippen LogP contribution in [0.4, 0.5) is 0 Å². The molecule has 0 unspecified atom stereocenters. The number of amides is 1. The van der Waals surface area contributed by atoms with Gasteiger partial charge in [-0.2, -0.15) is 0 Å². The molecule has 0 spiro atoms. The zero-order chi connectivity index (χ0) is 15.9. The van der Waals surface area contributed by atoms with E-state index in [1.54, 1.807) is 6.08 Å². The summed E-state index contributed by atoms with van der Waals surface area (Å²) in [5.41, 5.74) is 2.79. The van der Waals surface area contributed by atoms with Crippen molar-refractivity contribution in [1.29, 1.82) is 0 Å². The maximum atomic E-state index is 11.8. The van der Waals surface area contributed by atoms with Crippen molar-refractivity contribution in [3.63, 3.8) is 0 Å². The highest BCUT2D eigenvalue weighted by molar-refractivity contribution is 5.91.